The number of furan rings is 1. The molecule has 1 fully saturated rings. The smallest absolute Gasteiger partial charge is 0.409 e. The molecule has 25 heavy (non-hydrogen) atoms. The fourth-order valence-electron chi connectivity index (χ4n) is 2.91. The van der Waals surface area contributed by atoms with Crippen LogP contribution in [-0.4, -0.2) is 36.7 Å². The van der Waals surface area contributed by atoms with Gasteiger partial charge in [-0.1, -0.05) is 0 Å². The van der Waals surface area contributed by atoms with Crippen molar-refractivity contribution in [3.05, 3.63) is 44.6 Å². The van der Waals surface area contributed by atoms with Crippen molar-refractivity contribution in [1.29, 1.82) is 0 Å². The summed E-state index contributed by atoms with van der Waals surface area (Å²) in [6, 6.07) is 3.59. The Kier molecular flexibility index (Phi) is 5.06. The van der Waals surface area contributed by atoms with Crippen molar-refractivity contribution < 1.29 is 13.9 Å². The average Bonchev–Trinajstić information content (AvgIpc) is 3.14. The van der Waals surface area contributed by atoms with Gasteiger partial charge in [-0.25, -0.2) is 4.79 Å². The fourth-order valence-corrected chi connectivity index (χ4v) is 2.91. The zero-order valence-electron chi connectivity index (χ0n) is 14.0. The standard InChI is InChI=1S/C17H21N3O5/c1-2-24-17(23)20-7-5-11(6-8-20)19-14-13(15(21)16(14)22)18-10-12-4-3-9-25-12/h3-4,9,11,18-19H,2,5-8,10H2,1H3. The third-order valence-electron chi connectivity index (χ3n) is 4.30. The molecule has 0 unspecified atom stereocenters. The van der Waals surface area contributed by atoms with E-state index in [1.165, 1.54) is 0 Å². The lowest BCUT2D eigenvalue weighted by atomic mass is 10.0. The van der Waals surface area contributed by atoms with Gasteiger partial charge in [-0.3, -0.25) is 9.59 Å². The lowest BCUT2D eigenvalue weighted by molar-refractivity contribution is 0.0983. The molecular formula is C17H21N3O5. The minimum Gasteiger partial charge on any atom is -0.467 e. The van der Waals surface area contributed by atoms with Crippen molar-refractivity contribution in [2.75, 3.05) is 30.3 Å². The van der Waals surface area contributed by atoms with E-state index in [0.29, 0.717) is 56.2 Å². The topological polar surface area (TPSA) is 101 Å². The van der Waals surface area contributed by atoms with Gasteiger partial charge in [0.1, 0.15) is 17.1 Å². The Balaban J connectivity index is 1.55. The molecule has 8 nitrogen and oxygen atoms in total. The number of hydrogen-bond acceptors (Lipinski definition) is 7. The highest BCUT2D eigenvalue weighted by atomic mass is 16.6. The highest BCUT2D eigenvalue weighted by molar-refractivity contribution is 5.74. The van der Waals surface area contributed by atoms with E-state index in [0.717, 1.165) is 0 Å². The van der Waals surface area contributed by atoms with Crippen LogP contribution >= 0.6 is 0 Å². The van der Waals surface area contributed by atoms with E-state index in [-0.39, 0.29) is 12.1 Å². The fraction of sp³-hybridized carbons (Fsp3) is 0.471. The zero-order chi connectivity index (χ0) is 17.8. The molecule has 134 valence electrons. The Morgan fingerprint density at radius 1 is 1.28 bits per heavy atom. The van der Waals surface area contributed by atoms with Crippen LogP contribution in [0.25, 0.3) is 0 Å². The van der Waals surface area contributed by atoms with Gasteiger partial charge in [0.15, 0.2) is 0 Å². The van der Waals surface area contributed by atoms with Gasteiger partial charge in [0.05, 0.1) is 19.4 Å². The number of nitrogens with zero attached hydrogens (tertiary/aromatic N) is 1. The molecule has 0 bridgehead atoms. The monoisotopic (exact) mass is 347 g/mol. The van der Waals surface area contributed by atoms with E-state index in [2.05, 4.69) is 10.6 Å². The molecule has 0 atom stereocenters. The molecule has 1 aromatic carbocycles. The number of carbonyl (C=O) groups is 1. The summed E-state index contributed by atoms with van der Waals surface area (Å²) in [5.41, 5.74) is -0.395. The molecule has 0 spiro atoms. The van der Waals surface area contributed by atoms with Gasteiger partial charge in [0.25, 0.3) is 10.9 Å². The maximum Gasteiger partial charge on any atom is 0.409 e. The number of likely N-dealkylation sites (tertiary alicyclic amines) is 1. The number of amides is 1. The molecule has 0 saturated carbocycles. The highest BCUT2D eigenvalue weighted by Gasteiger charge is 2.27. The number of piperidine rings is 1. The molecule has 3 rings (SSSR count). The predicted octanol–water partition coefficient (Wildman–Crippen LogP) is 1.52. The SMILES string of the molecule is CCOC(=O)N1CCC(Nc2c(NCc3ccco3)c(=O)c2=O)CC1. The van der Waals surface area contributed by atoms with Gasteiger partial charge in [0, 0.05) is 19.1 Å². The second-order valence-corrected chi connectivity index (χ2v) is 5.95. The second kappa shape index (κ2) is 7.42. The van der Waals surface area contributed by atoms with E-state index in [4.69, 9.17) is 9.15 Å². The third-order valence-corrected chi connectivity index (χ3v) is 4.30. The van der Waals surface area contributed by atoms with E-state index in [1.54, 1.807) is 30.2 Å². The molecule has 1 saturated heterocycles. The normalized spacial score (nSPS) is 15.3. The van der Waals surface area contributed by atoms with Crippen molar-refractivity contribution >= 4 is 17.5 Å². The van der Waals surface area contributed by atoms with Gasteiger partial charge < -0.3 is 24.7 Å². The van der Waals surface area contributed by atoms with Gasteiger partial charge in [-0.2, -0.15) is 0 Å². The van der Waals surface area contributed by atoms with Crippen LogP contribution in [0.1, 0.15) is 25.5 Å². The zero-order valence-corrected chi connectivity index (χ0v) is 14.0. The quantitative estimate of drug-likeness (QED) is 0.764. The molecule has 2 aromatic rings. The first kappa shape index (κ1) is 17.1. The van der Waals surface area contributed by atoms with Crippen LogP contribution in [0.3, 0.4) is 0 Å². The third kappa shape index (κ3) is 3.67. The van der Waals surface area contributed by atoms with Gasteiger partial charge in [-0.15, -0.1) is 0 Å². The van der Waals surface area contributed by atoms with Gasteiger partial charge in [0.2, 0.25) is 0 Å². The molecule has 0 radical (unpaired) electrons. The van der Waals surface area contributed by atoms with Gasteiger partial charge >= 0.3 is 6.09 Å². The minimum absolute atomic E-state index is 0.0399. The maximum atomic E-state index is 11.8. The molecule has 0 aliphatic carbocycles. The predicted molar refractivity (Wildman–Crippen MR) is 92.6 cm³/mol. The number of ether oxygens (including phenoxy) is 1. The number of anilines is 2. The Labute approximate surface area is 144 Å². The van der Waals surface area contributed by atoms with Crippen LogP contribution < -0.4 is 21.5 Å². The summed E-state index contributed by atoms with van der Waals surface area (Å²) in [4.78, 5) is 37.0. The Bertz CT molecular complexity index is 784. The number of rotatable bonds is 6. The van der Waals surface area contributed by atoms with Crippen molar-refractivity contribution in [1.82, 2.24) is 4.90 Å². The summed E-state index contributed by atoms with van der Waals surface area (Å²) < 4.78 is 10.2. The Hall–Kier alpha value is -2.77. The first-order valence-electron chi connectivity index (χ1n) is 8.38. The van der Waals surface area contributed by atoms with E-state index >= 15 is 0 Å². The van der Waals surface area contributed by atoms with Crippen molar-refractivity contribution in [2.24, 2.45) is 0 Å². The van der Waals surface area contributed by atoms with E-state index < -0.39 is 10.9 Å². The summed E-state index contributed by atoms with van der Waals surface area (Å²) in [5, 5.41) is 6.10. The number of nitrogens with one attached hydrogen (secondary N) is 2. The van der Waals surface area contributed by atoms with Crippen molar-refractivity contribution in [2.45, 2.75) is 32.4 Å². The molecule has 2 heterocycles. The van der Waals surface area contributed by atoms with Crippen molar-refractivity contribution in [3.8, 4) is 0 Å². The Morgan fingerprint density at radius 3 is 2.64 bits per heavy atom. The molecule has 8 heteroatoms. The van der Waals surface area contributed by atoms with Crippen molar-refractivity contribution in [3.63, 3.8) is 0 Å². The van der Waals surface area contributed by atoms with Crippen LogP contribution in [-0.2, 0) is 11.3 Å². The largest absolute Gasteiger partial charge is 0.467 e. The molecular weight excluding hydrogens is 326 g/mol. The lowest BCUT2D eigenvalue weighted by Gasteiger charge is -2.32. The summed E-state index contributed by atoms with van der Waals surface area (Å²) in [6.45, 7) is 3.58. The Morgan fingerprint density at radius 2 is 2.00 bits per heavy atom. The lowest BCUT2D eigenvalue weighted by Crippen LogP contribution is -2.45. The summed E-state index contributed by atoms with van der Waals surface area (Å²) in [5.74, 6) is 0.682. The second-order valence-electron chi connectivity index (χ2n) is 5.95. The molecule has 1 amide bonds. The van der Waals surface area contributed by atoms with Gasteiger partial charge in [-0.05, 0) is 31.9 Å². The minimum atomic E-state index is -0.516. The maximum absolute atomic E-state index is 11.8. The first-order chi connectivity index (χ1) is 12.1. The van der Waals surface area contributed by atoms with Crippen LogP contribution in [0.15, 0.2) is 32.4 Å². The first-order valence-corrected chi connectivity index (χ1v) is 8.38. The van der Waals surface area contributed by atoms with Crippen LogP contribution in [0, 0.1) is 0 Å². The van der Waals surface area contributed by atoms with Crippen LogP contribution in [0.4, 0.5) is 16.2 Å². The summed E-state index contributed by atoms with van der Waals surface area (Å²) >= 11 is 0. The summed E-state index contributed by atoms with van der Waals surface area (Å²) in [6.07, 6.45) is 2.62. The molecule has 1 aromatic heterocycles. The molecule has 1 aliphatic heterocycles. The highest BCUT2D eigenvalue weighted by Crippen LogP contribution is 2.21. The average molecular weight is 347 g/mol. The van der Waals surface area contributed by atoms with Crippen LogP contribution in [0.5, 0.6) is 0 Å². The molecule has 2 N–H and O–H groups in total. The summed E-state index contributed by atoms with van der Waals surface area (Å²) in [7, 11) is 0. The number of carbonyl (C=O) groups excluding carboxylic acids is 1. The van der Waals surface area contributed by atoms with Crippen LogP contribution in [0.2, 0.25) is 0 Å². The molecule has 1 aliphatic rings. The number of hydrogen-bond donors (Lipinski definition) is 2. The van der Waals surface area contributed by atoms with E-state index in [9.17, 15) is 14.4 Å². The van der Waals surface area contributed by atoms with E-state index in [1.807, 2.05) is 0 Å².